The minimum Gasteiger partial charge on any atom is -0.426 e. The summed E-state index contributed by atoms with van der Waals surface area (Å²) in [5.74, 6) is 1.63. The van der Waals surface area contributed by atoms with Gasteiger partial charge in [-0.1, -0.05) is 12.5 Å². The van der Waals surface area contributed by atoms with E-state index < -0.39 is 0 Å². The minimum absolute atomic E-state index is 0.0713. The summed E-state index contributed by atoms with van der Waals surface area (Å²) in [6.07, 6.45) is 4.61. The van der Waals surface area contributed by atoms with Gasteiger partial charge in [-0.25, -0.2) is 0 Å². The van der Waals surface area contributed by atoms with Crippen molar-refractivity contribution in [2.24, 2.45) is 17.8 Å². The molecule has 2 aliphatic rings. The highest BCUT2D eigenvalue weighted by molar-refractivity contribution is 7.12. The van der Waals surface area contributed by atoms with E-state index >= 15 is 0 Å². The molecule has 1 N–H and O–H groups in total. The van der Waals surface area contributed by atoms with Crippen molar-refractivity contribution < 1.29 is 14.3 Å². The Labute approximate surface area is 144 Å². The fourth-order valence-corrected chi connectivity index (χ4v) is 4.55. The minimum atomic E-state index is -0.128. The van der Waals surface area contributed by atoms with Gasteiger partial charge in [0.1, 0.15) is 5.75 Å². The van der Waals surface area contributed by atoms with Crippen LogP contribution < -0.4 is 10.1 Å². The fourth-order valence-electron chi connectivity index (χ4n) is 3.93. The van der Waals surface area contributed by atoms with Crippen molar-refractivity contribution in [3.63, 3.8) is 0 Å². The topological polar surface area (TPSA) is 55.4 Å². The van der Waals surface area contributed by atoms with Crippen LogP contribution in [0.25, 0.3) is 0 Å². The molecule has 2 fully saturated rings. The predicted molar refractivity (Wildman–Crippen MR) is 93.3 cm³/mol. The highest BCUT2D eigenvalue weighted by Crippen LogP contribution is 2.48. The zero-order valence-corrected chi connectivity index (χ0v) is 14.1. The van der Waals surface area contributed by atoms with Gasteiger partial charge < -0.3 is 10.1 Å². The summed E-state index contributed by atoms with van der Waals surface area (Å²) in [4.78, 5) is 25.0. The second kappa shape index (κ2) is 6.40. The van der Waals surface area contributed by atoms with Crippen LogP contribution in [0.2, 0.25) is 0 Å². The second-order valence-electron chi connectivity index (χ2n) is 6.66. The van der Waals surface area contributed by atoms with Crippen LogP contribution in [0.15, 0.2) is 41.8 Å². The van der Waals surface area contributed by atoms with E-state index in [9.17, 15) is 9.59 Å². The number of carbonyl (C=O) groups excluding carboxylic acids is 2. The van der Waals surface area contributed by atoms with Crippen LogP contribution in [0.5, 0.6) is 5.75 Å². The van der Waals surface area contributed by atoms with E-state index in [0.717, 1.165) is 18.8 Å². The molecule has 1 heterocycles. The molecule has 124 valence electrons. The smallest absolute Gasteiger partial charge is 0.314 e. The number of esters is 1. The third kappa shape index (κ3) is 3.08. The van der Waals surface area contributed by atoms with Crippen LogP contribution in [-0.4, -0.2) is 11.9 Å². The van der Waals surface area contributed by atoms with Crippen molar-refractivity contribution in [3.8, 4) is 5.75 Å². The molecule has 0 radical (unpaired) electrons. The van der Waals surface area contributed by atoms with Gasteiger partial charge in [0.2, 0.25) is 0 Å². The lowest BCUT2D eigenvalue weighted by Crippen LogP contribution is -2.25. The number of thiophene rings is 1. The molecule has 2 saturated carbocycles. The first kappa shape index (κ1) is 15.4. The van der Waals surface area contributed by atoms with E-state index in [2.05, 4.69) is 5.32 Å². The number of ether oxygens (including phenoxy) is 1. The van der Waals surface area contributed by atoms with Gasteiger partial charge in [0.05, 0.1) is 10.8 Å². The summed E-state index contributed by atoms with van der Waals surface area (Å²) < 4.78 is 5.53. The molecule has 1 aromatic heterocycles. The molecule has 5 heteroatoms. The molecule has 24 heavy (non-hydrogen) atoms. The van der Waals surface area contributed by atoms with Crippen LogP contribution in [0.4, 0.5) is 5.69 Å². The van der Waals surface area contributed by atoms with Crippen molar-refractivity contribution >= 4 is 28.9 Å². The van der Waals surface area contributed by atoms with Gasteiger partial charge >= 0.3 is 5.97 Å². The molecule has 1 aromatic carbocycles. The fraction of sp³-hybridized carbons (Fsp3) is 0.368. The van der Waals surface area contributed by atoms with Crippen LogP contribution in [0, 0.1) is 17.8 Å². The number of carbonyl (C=O) groups is 2. The molecule has 1 amide bonds. The molecule has 3 unspecified atom stereocenters. The van der Waals surface area contributed by atoms with Gasteiger partial charge in [0.25, 0.3) is 5.91 Å². The van der Waals surface area contributed by atoms with E-state index in [0.29, 0.717) is 22.2 Å². The molecule has 3 atom stereocenters. The first-order chi connectivity index (χ1) is 11.7. The SMILES string of the molecule is O=C(Nc1ccc(OC(=O)C2CC3CCC2C3)cc1)c1cccs1. The van der Waals surface area contributed by atoms with E-state index in [1.54, 1.807) is 30.3 Å². The zero-order chi connectivity index (χ0) is 16.5. The lowest BCUT2D eigenvalue weighted by Gasteiger charge is -2.19. The molecule has 0 saturated heterocycles. The largest absolute Gasteiger partial charge is 0.426 e. The van der Waals surface area contributed by atoms with Crippen molar-refractivity contribution in [1.82, 2.24) is 0 Å². The second-order valence-corrected chi connectivity index (χ2v) is 7.61. The van der Waals surface area contributed by atoms with Crippen molar-refractivity contribution in [2.75, 3.05) is 5.32 Å². The standard InChI is InChI=1S/C19H19NO3S/c21-18(17-2-1-9-24-17)20-14-5-7-15(8-6-14)23-19(22)16-11-12-3-4-13(16)10-12/h1-2,5-9,12-13,16H,3-4,10-11H2,(H,20,21). The van der Waals surface area contributed by atoms with Gasteiger partial charge in [-0.2, -0.15) is 0 Å². The monoisotopic (exact) mass is 341 g/mol. The molecule has 0 spiro atoms. The highest BCUT2D eigenvalue weighted by atomic mass is 32.1. The Balaban J connectivity index is 1.35. The molecule has 2 aromatic rings. The first-order valence-corrected chi connectivity index (χ1v) is 9.23. The third-order valence-corrected chi connectivity index (χ3v) is 5.99. The van der Waals surface area contributed by atoms with Gasteiger partial charge in [-0.15, -0.1) is 11.3 Å². The van der Waals surface area contributed by atoms with Crippen molar-refractivity contribution in [2.45, 2.75) is 25.7 Å². The average molecular weight is 341 g/mol. The predicted octanol–water partition coefficient (Wildman–Crippen LogP) is 4.34. The van der Waals surface area contributed by atoms with Crippen molar-refractivity contribution in [1.29, 1.82) is 0 Å². The third-order valence-electron chi connectivity index (χ3n) is 5.12. The maximum Gasteiger partial charge on any atom is 0.314 e. The summed E-state index contributed by atoms with van der Waals surface area (Å²) in [6, 6.07) is 10.6. The van der Waals surface area contributed by atoms with E-state index in [-0.39, 0.29) is 17.8 Å². The molecular weight excluding hydrogens is 322 g/mol. The summed E-state index contributed by atoms with van der Waals surface area (Å²) >= 11 is 1.40. The van der Waals surface area contributed by atoms with E-state index in [4.69, 9.17) is 4.74 Å². The van der Waals surface area contributed by atoms with E-state index in [1.165, 1.54) is 24.2 Å². The molecule has 4 nitrogen and oxygen atoms in total. The first-order valence-electron chi connectivity index (χ1n) is 8.35. The Bertz CT molecular complexity index is 738. The van der Waals surface area contributed by atoms with Crippen LogP contribution in [0.3, 0.4) is 0 Å². The van der Waals surface area contributed by atoms with E-state index in [1.807, 2.05) is 11.4 Å². The number of hydrogen-bond donors (Lipinski definition) is 1. The maximum absolute atomic E-state index is 12.3. The summed E-state index contributed by atoms with van der Waals surface area (Å²) in [7, 11) is 0. The number of nitrogens with one attached hydrogen (secondary N) is 1. The molecule has 4 rings (SSSR count). The summed E-state index contributed by atoms with van der Waals surface area (Å²) in [5, 5.41) is 4.70. The van der Waals surface area contributed by atoms with Crippen LogP contribution in [-0.2, 0) is 4.79 Å². The van der Waals surface area contributed by atoms with Gasteiger partial charge in [-0.3, -0.25) is 9.59 Å². The number of benzene rings is 1. The van der Waals surface area contributed by atoms with Crippen molar-refractivity contribution in [3.05, 3.63) is 46.7 Å². The Morgan fingerprint density at radius 3 is 2.54 bits per heavy atom. The van der Waals surface area contributed by atoms with Gasteiger partial charge in [-0.05, 0) is 66.8 Å². The molecular formula is C19H19NO3S. The lowest BCUT2D eigenvalue weighted by molar-refractivity contribution is -0.140. The Hall–Kier alpha value is -2.14. The van der Waals surface area contributed by atoms with Gasteiger partial charge in [0, 0.05) is 5.69 Å². The Morgan fingerprint density at radius 1 is 1.08 bits per heavy atom. The number of rotatable bonds is 4. The normalized spacial score (nSPS) is 24.8. The van der Waals surface area contributed by atoms with Crippen LogP contribution >= 0.6 is 11.3 Å². The van der Waals surface area contributed by atoms with Gasteiger partial charge in [0.15, 0.2) is 0 Å². The number of anilines is 1. The number of fused-ring (bicyclic) bond motifs is 2. The summed E-state index contributed by atoms with van der Waals surface area (Å²) in [5.41, 5.74) is 0.688. The number of hydrogen-bond acceptors (Lipinski definition) is 4. The zero-order valence-electron chi connectivity index (χ0n) is 13.2. The maximum atomic E-state index is 12.3. The average Bonchev–Trinajstić information content (AvgIpc) is 3.34. The number of amides is 1. The Kier molecular flexibility index (Phi) is 4.10. The Morgan fingerprint density at radius 2 is 1.92 bits per heavy atom. The molecule has 0 aliphatic heterocycles. The lowest BCUT2D eigenvalue weighted by atomic mass is 9.89. The van der Waals surface area contributed by atoms with Crippen LogP contribution in [0.1, 0.15) is 35.4 Å². The molecule has 2 aliphatic carbocycles. The molecule has 2 bridgehead atoms. The summed E-state index contributed by atoms with van der Waals surface area (Å²) in [6.45, 7) is 0. The highest BCUT2D eigenvalue weighted by Gasteiger charge is 2.44. The quantitative estimate of drug-likeness (QED) is 0.665.